The molecule has 0 spiro atoms. The molecule has 0 amide bonds. The summed E-state index contributed by atoms with van der Waals surface area (Å²) >= 11 is 0. The number of anilines is 1. The fraction of sp³-hybridized carbons (Fsp3) is 0.486. The number of rotatable bonds is 7. The van der Waals surface area contributed by atoms with Crippen LogP contribution in [0.2, 0.25) is 0 Å². The molecule has 5 saturated heterocycles. The third-order valence-electron chi connectivity index (χ3n) is 11.7. The van der Waals surface area contributed by atoms with E-state index in [1.165, 1.54) is 30.5 Å². The van der Waals surface area contributed by atoms with Crippen molar-refractivity contribution in [3.8, 4) is 35.4 Å². The van der Waals surface area contributed by atoms with Crippen molar-refractivity contribution in [1.82, 2.24) is 25.2 Å². The van der Waals surface area contributed by atoms with Crippen LogP contribution in [0.1, 0.15) is 56.9 Å². The fourth-order valence-corrected chi connectivity index (χ4v) is 11.2. The lowest BCUT2D eigenvalue weighted by Crippen LogP contribution is -2.54. The first-order chi connectivity index (χ1) is 24.1. The van der Waals surface area contributed by atoms with Crippen LogP contribution in [0.5, 0.6) is 11.8 Å². The minimum atomic E-state index is -3.20. The van der Waals surface area contributed by atoms with Gasteiger partial charge in [-0.15, -0.1) is 6.42 Å². The number of terminal acetylenes is 1. The predicted octanol–water partition coefficient (Wildman–Crippen LogP) is 4.70. The largest absolute Gasteiger partial charge is 0.508 e. The predicted molar refractivity (Wildman–Crippen MR) is 186 cm³/mol. The molecule has 50 heavy (non-hydrogen) atoms. The molecule has 10 nitrogen and oxygen atoms in total. The van der Waals surface area contributed by atoms with Crippen LogP contribution in [0.3, 0.4) is 0 Å². The highest BCUT2D eigenvalue weighted by Crippen LogP contribution is 2.45. The first-order valence-electron chi connectivity index (χ1n) is 17.5. The molecular weight excluding hydrogens is 663 g/mol. The van der Waals surface area contributed by atoms with Crippen molar-refractivity contribution in [3.05, 3.63) is 47.7 Å². The number of sulfone groups is 1. The molecule has 2 N–H and O–H groups in total. The number of ether oxygens (including phenoxy) is 1. The Kier molecular flexibility index (Phi) is 7.46. The average Bonchev–Trinajstić information content (AvgIpc) is 3.89. The maximum absolute atomic E-state index is 17.0. The Balaban J connectivity index is 1.16. The Morgan fingerprint density at radius 1 is 1.10 bits per heavy atom. The van der Waals surface area contributed by atoms with E-state index >= 15 is 4.39 Å². The summed E-state index contributed by atoms with van der Waals surface area (Å²) in [5, 5.41) is 14.7. The highest BCUT2D eigenvalue weighted by Gasteiger charge is 2.55. The van der Waals surface area contributed by atoms with Gasteiger partial charge in [-0.05, 0) is 81.5 Å². The van der Waals surface area contributed by atoms with E-state index < -0.39 is 32.3 Å². The van der Waals surface area contributed by atoms with E-state index in [-0.39, 0.29) is 63.4 Å². The van der Waals surface area contributed by atoms with Crippen LogP contribution in [0.25, 0.3) is 32.9 Å². The van der Waals surface area contributed by atoms with Crippen LogP contribution in [-0.4, -0.2) is 94.3 Å². The van der Waals surface area contributed by atoms with Gasteiger partial charge in [0.15, 0.2) is 15.7 Å². The molecule has 1 saturated carbocycles. The highest BCUT2D eigenvalue weighted by molar-refractivity contribution is 7.93. The zero-order valence-electron chi connectivity index (χ0n) is 27.5. The quantitative estimate of drug-likeness (QED) is 0.263. The summed E-state index contributed by atoms with van der Waals surface area (Å²) in [7, 11) is -3.20. The van der Waals surface area contributed by atoms with E-state index in [1.54, 1.807) is 0 Å². The van der Waals surface area contributed by atoms with Crippen LogP contribution in [0.15, 0.2) is 30.5 Å². The third-order valence-corrected chi connectivity index (χ3v) is 14.3. The number of piperazine rings is 1. The van der Waals surface area contributed by atoms with Gasteiger partial charge in [0.1, 0.15) is 35.2 Å². The van der Waals surface area contributed by atoms with Gasteiger partial charge in [-0.3, -0.25) is 9.88 Å². The number of pyridine rings is 1. The first-order valence-corrected chi connectivity index (χ1v) is 19.2. The Hall–Kier alpha value is -4.12. The average molecular weight is 701 g/mol. The van der Waals surface area contributed by atoms with Gasteiger partial charge in [0.25, 0.3) is 0 Å². The Bertz CT molecular complexity index is 2200. The van der Waals surface area contributed by atoms with Crippen LogP contribution in [-0.2, 0) is 9.84 Å². The number of hydrogen-bond donors (Lipinski definition) is 2. The summed E-state index contributed by atoms with van der Waals surface area (Å²) in [6, 6.07) is 5.87. The lowest BCUT2D eigenvalue weighted by atomic mass is 9.95. The molecule has 2 bridgehead atoms. The minimum Gasteiger partial charge on any atom is -0.508 e. The van der Waals surface area contributed by atoms with Crippen LogP contribution in [0, 0.1) is 24.0 Å². The van der Waals surface area contributed by atoms with Crippen molar-refractivity contribution in [2.45, 2.75) is 79.5 Å². The number of nitrogens with zero attached hydrogens (tertiary/aromatic N) is 5. The highest BCUT2D eigenvalue weighted by atomic mass is 32.2. The topological polar surface area (TPSA) is 121 Å². The molecule has 4 atom stereocenters. The SMILES string of the molecule is C#Cc1c(F)ccc2cc(O)cc(-c3ncc4c(N5CC6CCCC5CN6)nc(OCC56CCCN5CC(S(=O)(=O)C5CC5)C6)nc4c3F)c12. The van der Waals surface area contributed by atoms with E-state index in [9.17, 15) is 17.9 Å². The van der Waals surface area contributed by atoms with E-state index in [0.717, 1.165) is 58.0 Å². The van der Waals surface area contributed by atoms with Gasteiger partial charge < -0.3 is 20.1 Å². The number of aromatic nitrogens is 3. The minimum absolute atomic E-state index is 0.00230. The standard InChI is InChI=1S/C37H38F2N6O4S/c1-2-27-30(38)10-7-21-13-24(46)14-28(31(21)27)33-32(39)34-29(17-41-33)35(45-18-22-5-3-6-23(45)16-40-22)43-36(42-34)49-20-37-11-4-12-44(37)19-26(15-37)50(47,48)25-8-9-25/h1,7,10,13-14,17,22-23,25-26,40,46H,3-6,8-9,11-12,15-16,18-20H2. The third kappa shape index (κ3) is 5.09. The smallest absolute Gasteiger partial charge is 0.319 e. The Morgan fingerprint density at radius 2 is 1.96 bits per heavy atom. The molecule has 10 rings (SSSR count). The number of hydrogen-bond acceptors (Lipinski definition) is 10. The van der Waals surface area contributed by atoms with Gasteiger partial charge in [-0.25, -0.2) is 17.2 Å². The summed E-state index contributed by atoms with van der Waals surface area (Å²) in [5.41, 5.74) is -0.534. The maximum atomic E-state index is 17.0. The number of aromatic hydroxyl groups is 1. The molecule has 4 unspecified atom stereocenters. The Morgan fingerprint density at radius 3 is 2.78 bits per heavy atom. The summed E-state index contributed by atoms with van der Waals surface area (Å²) in [6.45, 7) is 2.93. The van der Waals surface area contributed by atoms with E-state index in [0.29, 0.717) is 36.1 Å². The van der Waals surface area contributed by atoms with E-state index in [2.05, 4.69) is 31.0 Å². The zero-order valence-corrected chi connectivity index (χ0v) is 28.4. The number of phenolic OH excluding ortho intramolecular Hbond substituents is 1. The van der Waals surface area contributed by atoms with Crippen molar-refractivity contribution >= 4 is 37.3 Å². The molecule has 6 fully saturated rings. The first kappa shape index (κ1) is 31.8. The van der Waals surface area contributed by atoms with Gasteiger partial charge in [0.2, 0.25) is 0 Å². The number of fused-ring (bicyclic) bond motifs is 7. The lowest BCUT2D eigenvalue weighted by molar-refractivity contribution is 0.108. The van der Waals surface area contributed by atoms with Crippen molar-refractivity contribution in [3.63, 3.8) is 0 Å². The van der Waals surface area contributed by atoms with Gasteiger partial charge >= 0.3 is 6.01 Å². The van der Waals surface area contributed by atoms with Crippen molar-refractivity contribution < 1.29 is 27.0 Å². The number of benzene rings is 2. The molecule has 13 heteroatoms. The lowest BCUT2D eigenvalue weighted by Gasteiger charge is -2.38. The number of halogens is 2. The van der Waals surface area contributed by atoms with Gasteiger partial charge in [-0.2, -0.15) is 9.97 Å². The molecular formula is C37H38F2N6O4S. The van der Waals surface area contributed by atoms with E-state index in [1.807, 2.05) is 0 Å². The summed E-state index contributed by atoms with van der Waals surface area (Å²) in [6.07, 6.45) is 14.0. The molecule has 2 aromatic heterocycles. The summed E-state index contributed by atoms with van der Waals surface area (Å²) < 4.78 is 64.9. The van der Waals surface area contributed by atoms with Crippen LogP contribution in [0.4, 0.5) is 14.6 Å². The van der Waals surface area contributed by atoms with Crippen molar-refractivity contribution in [2.24, 2.45) is 0 Å². The number of nitrogens with one attached hydrogen (secondary N) is 1. The fourth-order valence-electron chi connectivity index (χ4n) is 8.97. The van der Waals surface area contributed by atoms with Gasteiger partial charge in [0.05, 0.1) is 27.0 Å². The molecule has 2 aromatic carbocycles. The van der Waals surface area contributed by atoms with Crippen LogP contribution < -0.4 is 15.0 Å². The summed E-state index contributed by atoms with van der Waals surface area (Å²) in [4.78, 5) is 18.5. The molecule has 4 aromatic rings. The van der Waals surface area contributed by atoms with Crippen molar-refractivity contribution in [2.75, 3.05) is 37.7 Å². The molecule has 5 aliphatic heterocycles. The molecule has 7 heterocycles. The monoisotopic (exact) mass is 700 g/mol. The number of phenols is 1. The molecule has 0 radical (unpaired) electrons. The molecule has 6 aliphatic rings. The second kappa shape index (κ2) is 11.7. The van der Waals surface area contributed by atoms with Crippen LogP contribution >= 0.6 is 0 Å². The molecule has 260 valence electrons. The maximum Gasteiger partial charge on any atom is 0.319 e. The second-order valence-corrected chi connectivity index (χ2v) is 17.2. The Labute approximate surface area is 289 Å². The second-order valence-electron chi connectivity index (χ2n) is 14.7. The van der Waals surface area contributed by atoms with Crippen molar-refractivity contribution in [1.29, 1.82) is 0 Å². The molecule has 1 aliphatic carbocycles. The van der Waals surface area contributed by atoms with Gasteiger partial charge in [-0.1, -0.05) is 12.0 Å². The normalized spacial score (nSPS) is 26.7. The van der Waals surface area contributed by atoms with E-state index in [4.69, 9.17) is 16.1 Å². The van der Waals surface area contributed by atoms with Gasteiger partial charge in [0, 0.05) is 48.9 Å². The zero-order chi connectivity index (χ0) is 34.4. The summed E-state index contributed by atoms with van der Waals surface area (Å²) in [5.74, 6) is 1.35.